The van der Waals surface area contributed by atoms with E-state index >= 15 is 0 Å². The molecular weight excluding hydrogens is 288 g/mol. The van der Waals surface area contributed by atoms with Gasteiger partial charge in [0.1, 0.15) is 6.07 Å². The van der Waals surface area contributed by atoms with Crippen molar-refractivity contribution < 1.29 is 0 Å². The standard InChI is InChI=1S/C19H16N2S/c1-2-22-19-16(13-20)17(14-9-5-3-6-10-14)18(21-19)15-11-7-4-8-12-15/h3-12,21H,2H2,1H3. The molecule has 3 aromatic rings. The molecule has 0 saturated heterocycles. The highest BCUT2D eigenvalue weighted by Crippen LogP contribution is 2.39. The number of benzene rings is 2. The van der Waals surface area contributed by atoms with Crippen molar-refractivity contribution in [2.75, 3.05) is 5.75 Å². The first kappa shape index (κ1) is 14.5. The molecule has 0 aliphatic heterocycles. The average Bonchev–Trinajstić information content (AvgIpc) is 2.95. The first-order valence-electron chi connectivity index (χ1n) is 7.24. The molecule has 22 heavy (non-hydrogen) atoms. The fraction of sp³-hybridized carbons (Fsp3) is 0.105. The molecule has 1 aromatic heterocycles. The van der Waals surface area contributed by atoms with Crippen LogP contribution >= 0.6 is 11.8 Å². The number of nitrogens with one attached hydrogen (secondary N) is 1. The summed E-state index contributed by atoms with van der Waals surface area (Å²) in [6, 6.07) is 22.7. The Morgan fingerprint density at radius 2 is 1.55 bits per heavy atom. The van der Waals surface area contributed by atoms with Crippen LogP contribution in [0, 0.1) is 11.3 Å². The maximum atomic E-state index is 9.66. The lowest BCUT2D eigenvalue weighted by molar-refractivity contribution is 1.19. The van der Waals surface area contributed by atoms with Gasteiger partial charge in [0.15, 0.2) is 0 Å². The minimum absolute atomic E-state index is 0.733. The van der Waals surface area contributed by atoms with Crippen molar-refractivity contribution in [1.29, 1.82) is 5.26 Å². The zero-order chi connectivity index (χ0) is 15.4. The largest absolute Gasteiger partial charge is 0.348 e. The zero-order valence-corrected chi connectivity index (χ0v) is 13.2. The molecule has 0 atom stereocenters. The van der Waals surface area contributed by atoms with Gasteiger partial charge in [0.05, 0.1) is 16.3 Å². The number of hydrogen-bond donors (Lipinski definition) is 1. The normalized spacial score (nSPS) is 10.4. The molecule has 2 aromatic carbocycles. The number of thioether (sulfide) groups is 1. The fourth-order valence-corrected chi connectivity index (χ4v) is 3.31. The third-order valence-corrected chi connectivity index (χ3v) is 4.37. The summed E-state index contributed by atoms with van der Waals surface area (Å²) in [6.07, 6.45) is 0. The van der Waals surface area contributed by atoms with Crippen molar-refractivity contribution >= 4 is 11.8 Å². The van der Waals surface area contributed by atoms with Crippen molar-refractivity contribution in [1.82, 2.24) is 4.98 Å². The second-order valence-electron chi connectivity index (χ2n) is 4.86. The second-order valence-corrected chi connectivity index (χ2v) is 6.13. The molecule has 2 nitrogen and oxygen atoms in total. The molecule has 0 amide bonds. The van der Waals surface area contributed by atoms with Gasteiger partial charge in [-0.1, -0.05) is 67.6 Å². The average molecular weight is 304 g/mol. The van der Waals surface area contributed by atoms with Crippen LogP contribution in [0.15, 0.2) is 65.7 Å². The Bertz CT molecular complexity index is 799. The van der Waals surface area contributed by atoms with Crippen LogP contribution in [0.1, 0.15) is 12.5 Å². The Kier molecular flexibility index (Phi) is 4.32. The van der Waals surface area contributed by atoms with E-state index in [1.165, 1.54) is 0 Å². The highest BCUT2D eigenvalue weighted by Gasteiger charge is 2.19. The van der Waals surface area contributed by atoms with Gasteiger partial charge >= 0.3 is 0 Å². The van der Waals surface area contributed by atoms with Crippen LogP contribution in [0.5, 0.6) is 0 Å². The molecule has 0 aliphatic carbocycles. The monoisotopic (exact) mass is 304 g/mol. The van der Waals surface area contributed by atoms with E-state index in [4.69, 9.17) is 0 Å². The Hall–Kier alpha value is -2.44. The summed E-state index contributed by atoms with van der Waals surface area (Å²) in [5, 5.41) is 10.6. The number of aromatic nitrogens is 1. The van der Waals surface area contributed by atoms with Crippen molar-refractivity contribution in [3.63, 3.8) is 0 Å². The van der Waals surface area contributed by atoms with Gasteiger partial charge in [-0.05, 0) is 16.9 Å². The molecular formula is C19H16N2S. The van der Waals surface area contributed by atoms with Crippen LogP contribution in [0.2, 0.25) is 0 Å². The Balaban J connectivity index is 2.27. The maximum absolute atomic E-state index is 9.66. The first-order chi connectivity index (χ1) is 10.8. The molecule has 0 saturated carbocycles. The summed E-state index contributed by atoms with van der Waals surface area (Å²) < 4.78 is 0. The molecule has 0 fully saturated rings. The van der Waals surface area contributed by atoms with Crippen LogP contribution in [0.25, 0.3) is 22.4 Å². The van der Waals surface area contributed by atoms with Crippen molar-refractivity contribution in [3.8, 4) is 28.5 Å². The van der Waals surface area contributed by atoms with Gasteiger partial charge in [-0.2, -0.15) is 5.26 Å². The van der Waals surface area contributed by atoms with Gasteiger partial charge < -0.3 is 4.98 Å². The van der Waals surface area contributed by atoms with Gasteiger partial charge in [0.25, 0.3) is 0 Å². The molecule has 0 radical (unpaired) electrons. The number of H-pyrrole nitrogens is 1. The van der Waals surface area contributed by atoms with Gasteiger partial charge in [-0.25, -0.2) is 0 Å². The summed E-state index contributed by atoms with van der Waals surface area (Å²) in [5.41, 5.74) is 4.90. The lowest BCUT2D eigenvalue weighted by Gasteiger charge is -2.05. The summed E-state index contributed by atoms with van der Waals surface area (Å²) in [5.74, 6) is 0.928. The summed E-state index contributed by atoms with van der Waals surface area (Å²) in [4.78, 5) is 3.46. The molecule has 0 unspecified atom stereocenters. The van der Waals surface area contributed by atoms with Gasteiger partial charge in [-0.3, -0.25) is 0 Å². The van der Waals surface area contributed by atoms with Crippen LogP contribution in [0.3, 0.4) is 0 Å². The lowest BCUT2D eigenvalue weighted by Crippen LogP contribution is -1.84. The fourth-order valence-electron chi connectivity index (χ4n) is 2.55. The lowest BCUT2D eigenvalue weighted by atomic mass is 9.98. The number of nitrogens with zero attached hydrogens (tertiary/aromatic N) is 1. The molecule has 1 N–H and O–H groups in total. The number of rotatable bonds is 4. The summed E-state index contributed by atoms with van der Waals surface area (Å²) in [6.45, 7) is 2.09. The van der Waals surface area contributed by atoms with Gasteiger partial charge in [0.2, 0.25) is 0 Å². The van der Waals surface area contributed by atoms with E-state index in [0.29, 0.717) is 0 Å². The topological polar surface area (TPSA) is 39.6 Å². The van der Waals surface area contributed by atoms with E-state index in [0.717, 1.165) is 38.7 Å². The number of aromatic amines is 1. The van der Waals surface area contributed by atoms with E-state index in [1.54, 1.807) is 11.8 Å². The Labute approximate surface area is 134 Å². The van der Waals surface area contributed by atoms with Crippen LogP contribution in [-0.2, 0) is 0 Å². The van der Waals surface area contributed by atoms with Crippen LogP contribution in [0.4, 0.5) is 0 Å². The quantitative estimate of drug-likeness (QED) is 0.661. The smallest absolute Gasteiger partial charge is 0.103 e. The van der Waals surface area contributed by atoms with E-state index in [1.807, 2.05) is 36.4 Å². The molecule has 0 bridgehead atoms. The predicted octanol–water partition coefficient (Wildman–Crippen LogP) is 5.33. The third-order valence-electron chi connectivity index (χ3n) is 3.49. The summed E-state index contributed by atoms with van der Waals surface area (Å²) in [7, 11) is 0. The van der Waals surface area contributed by atoms with Crippen LogP contribution < -0.4 is 0 Å². The van der Waals surface area contributed by atoms with Gasteiger partial charge in [-0.15, -0.1) is 11.8 Å². The highest BCUT2D eigenvalue weighted by molar-refractivity contribution is 7.99. The molecule has 0 spiro atoms. The van der Waals surface area contributed by atoms with E-state index in [2.05, 4.69) is 42.2 Å². The molecule has 3 rings (SSSR count). The predicted molar refractivity (Wildman–Crippen MR) is 92.8 cm³/mol. The van der Waals surface area contributed by atoms with E-state index in [-0.39, 0.29) is 0 Å². The number of nitriles is 1. The Morgan fingerprint density at radius 1 is 0.955 bits per heavy atom. The minimum atomic E-state index is 0.733. The van der Waals surface area contributed by atoms with Crippen molar-refractivity contribution in [2.24, 2.45) is 0 Å². The number of hydrogen-bond acceptors (Lipinski definition) is 2. The summed E-state index contributed by atoms with van der Waals surface area (Å²) >= 11 is 1.67. The highest BCUT2D eigenvalue weighted by atomic mass is 32.2. The first-order valence-corrected chi connectivity index (χ1v) is 8.23. The third kappa shape index (κ3) is 2.66. The molecule has 0 aliphatic rings. The van der Waals surface area contributed by atoms with Gasteiger partial charge in [0, 0.05) is 5.56 Å². The van der Waals surface area contributed by atoms with E-state index < -0.39 is 0 Å². The van der Waals surface area contributed by atoms with Crippen molar-refractivity contribution in [3.05, 3.63) is 66.2 Å². The van der Waals surface area contributed by atoms with Crippen LogP contribution in [-0.4, -0.2) is 10.7 Å². The van der Waals surface area contributed by atoms with E-state index in [9.17, 15) is 5.26 Å². The SMILES string of the molecule is CCSc1[nH]c(-c2ccccc2)c(-c2ccccc2)c1C#N. The second kappa shape index (κ2) is 6.55. The molecule has 1 heterocycles. The minimum Gasteiger partial charge on any atom is -0.348 e. The Morgan fingerprint density at radius 3 is 2.09 bits per heavy atom. The van der Waals surface area contributed by atoms with Crippen molar-refractivity contribution in [2.45, 2.75) is 11.9 Å². The maximum Gasteiger partial charge on any atom is 0.103 e. The molecule has 108 valence electrons. The zero-order valence-electron chi connectivity index (χ0n) is 12.3. The molecule has 3 heteroatoms.